The average molecular weight is 309 g/mol. The molecule has 0 bridgehead atoms. The van der Waals surface area contributed by atoms with E-state index in [2.05, 4.69) is 41.5 Å². The minimum atomic E-state index is 0.303. The van der Waals surface area contributed by atoms with Gasteiger partial charge in [-0.05, 0) is 48.9 Å². The van der Waals surface area contributed by atoms with Gasteiger partial charge in [-0.15, -0.1) is 0 Å². The highest BCUT2D eigenvalue weighted by Crippen LogP contribution is 2.40. The summed E-state index contributed by atoms with van der Waals surface area (Å²) in [5.74, 6) is 1.87. The highest BCUT2D eigenvalue weighted by molar-refractivity contribution is 5.92. The van der Waals surface area contributed by atoms with Gasteiger partial charge in [-0.1, -0.05) is 30.3 Å². The predicted molar refractivity (Wildman–Crippen MR) is 95.2 cm³/mol. The Morgan fingerprint density at radius 1 is 1.17 bits per heavy atom. The van der Waals surface area contributed by atoms with Crippen LogP contribution in [0.1, 0.15) is 29.9 Å². The number of hydrogen-bond donors (Lipinski definition) is 2. The molecule has 0 aromatic heterocycles. The van der Waals surface area contributed by atoms with Crippen LogP contribution in [0.5, 0.6) is 5.75 Å². The number of ether oxygens (including phenoxy) is 1. The van der Waals surface area contributed by atoms with E-state index in [0.29, 0.717) is 17.9 Å². The van der Waals surface area contributed by atoms with Gasteiger partial charge in [0.2, 0.25) is 0 Å². The normalized spacial score (nSPS) is 20.7. The van der Waals surface area contributed by atoms with Crippen molar-refractivity contribution in [1.82, 2.24) is 0 Å². The minimum absolute atomic E-state index is 0.303. The number of anilines is 1. The van der Waals surface area contributed by atoms with Crippen LogP contribution in [0.2, 0.25) is 0 Å². The zero-order valence-corrected chi connectivity index (χ0v) is 13.6. The summed E-state index contributed by atoms with van der Waals surface area (Å²) in [5.41, 5.74) is 9.72. The lowest BCUT2D eigenvalue weighted by Gasteiger charge is -2.34. The number of nitrogens with one attached hydrogen (secondary N) is 1. The maximum absolute atomic E-state index is 6.02. The van der Waals surface area contributed by atoms with E-state index in [0.717, 1.165) is 24.3 Å². The first-order valence-electron chi connectivity index (χ1n) is 7.95. The third-order valence-corrected chi connectivity index (χ3v) is 4.41. The van der Waals surface area contributed by atoms with Crippen LogP contribution in [-0.2, 0) is 0 Å². The summed E-state index contributed by atoms with van der Waals surface area (Å²) < 4.78 is 5.20. The molecule has 0 atom stereocenters. The first kappa shape index (κ1) is 15.4. The Balaban J connectivity index is 1.57. The van der Waals surface area contributed by atoms with Crippen molar-refractivity contribution in [3.8, 4) is 5.75 Å². The lowest BCUT2D eigenvalue weighted by molar-refractivity contribution is 0.352. The molecule has 1 aliphatic rings. The Labute approximate surface area is 137 Å². The molecule has 3 N–H and O–H groups in total. The lowest BCUT2D eigenvalue weighted by atomic mass is 9.75. The molecular formula is C19H23N3O. The Hall–Kier alpha value is -2.49. The average Bonchev–Trinajstić information content (AvgIpc) is 2.51. The molecule has 0 heterocycles. The number of benzene rings is 2. The Morgan fingerprint density at radius 2 is 1.96 bits per heavy atom. The molecule has 3 rings (SSSR count). The number of aliphatic imine (C=N–C) groups is 1. The van der Waals surface area contributed by atoms with Crippen LogP contribution in [0.4, 0.5) is 5.69 Å². The van der Waals surface area contributed by atoms with Gasteiger partial charge in [-0.3, -0.25) is 0 Å². The van der Waals surface area contributed by atoms with Gasteiger partial charge in [0.25, 0.3) is 0 Å². The van der Waals surface area contributed by atoms with E-state index in [1.807, 2.05) is 24.3 Å². The molecule has 0 saturated heterocycles. The maximum Gasteiger partial charge on any atom is 0.193 e. The van der Waals surface area contributed by atoms with Crippen molar-refractivity contribution in [2.24, 2.45) is 10.7 Å². The van der Waals surface area contributed by atoms with E-state index >= 15 is 0 Å². The van der Waals surface area contributed by atoms with Crippen molar-refractivity contribution < 1.29 is 4.74 Å². The van der Waals surface area contributed by atoms with Crippen molar-refractivity contribution in [1.29, 1.82) is 0 Å². The van der Waals surface area contributed by atoms with Crippen LogP contribution in [-0.4, -0.2) is 19.1 Å². The fourth-order valence-electron chi connectivity index (χ4n) is 3.07. The largest absolute Gasteiger partial charge is 0.497 e. The zero-order valence-electron chi connectivity index (χ0n) is 13.6. The number of methoxy groups -OCH3 is 1. The van der Waals surface area contributed by atoms with Gasteiger partial charge in [0.1, 0.15) is 5.75 Å². The minimum Gasteiger partial charge on any atom is -0.497 e. The van der Waals surface area contributed by atoms with Gasteiger partial charge in [0.15, 0.2) is 5.96 Å². The topological polar surface area (TPSA) is 59.6 Å². The van der Waals surface area contributed by atoms with Crippen molar-refractivity contribution >= 4 is 11.6 Å². The molecule has 0 unspecified atom stereocenters. The fraction of sp³-hybridized carbons (Fsp3) is 0.316. The molecule has 120 valence electrons. The van der Waals surface area contributed by atoms with E-state index in [4.69, 9.17) is 10.5 Å². The van der Waals surface area contributed by atoms with E-state index in [1.165, 1.54) is 11.1 Å². The number of rotatable bonds is 4. The van der Waals surface area contributed by atoms with Crippen molar-refractivity contribution in [3.63, 3.8) is 0 Å². The Kier molecular flexibility index (Phi) is 4.51. The standard InChI is InChI=1S/C19H23N3O/c1-13-6-3-4-9-18(13)14-10-16(11-14)22-19(20)21-15-7-5-8-17(12-15)23-2/h3-9,12,14,16H,10-11H2,1-2H3,(H3,20,21,22). The van der Waals surface area contributed by atoms with E-state index in [1.54, 1.807) is 7.11 Å². The predicted octanol–water partition coefficient (Wildman–Crippen LogP) is 3.68. The molecule has 2 aromatic rings. The van der Waals surface area contributed by atoms with E-state index in [9.17, 15) is 0 Å². The van der Waals surface area contributed by atoms with E-state index in [-0.39, 0.29) is 0 Å². The van der Waals surface area contributed by atoms with Crippen LogP contribution in [0.3, 0.4) is 0 Å². The number of guanidine groups is 1. The smallest absolute Gasteiger partial charge is 0.193 e. The highest BCUT2D eigenvalue weighted by Gasteiger charge is 2.30. The van der Waals surface area contributed by atoms with Crippen LogP contribution in [0.25, 0.3) is 0 Å². The second-order valence-electron chi connectivity index (χ2n) is 6.05. The van der Waals surface area contributed by atoms with Crippen LogP contribution >= 0.6 is 0 Å². The van der Waals surface area contributed by atoms with Gasteiger partial charge in [-0.25, -0.2) is 4.99 Å². The SMILES string of the molecule is COc1cccc(NC(N)=NC2CC(c3ccccc3C)C2)c1. The van der Waals surface area contributed by atoms with Crippen molar-refractivity contribution in [3.05, 3.63) is 59.7 Å². The summed E-state index contributed by atoms with van der Waals surface area (Å²) in [6.45, 7) is 2.17. The third kappa shape index (κ3) is 3.65. The molecule has 0 amide bonds. The molecule has 0 radical (unpaired) electrons. The summed E-state index contributed by atoms with van der Waals surface area (Å²) in [6, 6.07) is 16.6. The van der Waals surface area contributed by atoms with Crippen LogP contribution in [0.15, 0.2) is 53.5 Å². The molecule has 4 nitrogen and oxygen atoms in total. The molecule has 2 aromatic carbocycles. The Bertz CT molecular complexity index is 705. The first-order valence-corrected chi connectivity index (χ1v) is 7.95. The molecule has 4 heteroatoms. The molecule has 1 aliphatic carbocycles. The summed E-state index contributed by atoms with van der Waals surface area (Å²) >= 11 is 0. The molecule has 0 aliphatic heterocycles. The lowest BCUT2D eigenvalue weighted by Crippen LogP contribution is -2.31. The van der Waals surface area contributed by atoms with Crippen LogP contribution in [0, 0.1) is 6.92 Å². The van der Waals surface area contributed by atoms with Gasteiger partial charge >= 0.3 is 0 Å². The van der Waals surface area contributed by atoms with Gasteiger partial charge < -0.3 is 15.8 Å². The summed E-state index contributed by atoms with van der Waals surface area (Å²) in [5, 5.41) is 3.13. The van der Waals surface area contributed by atoms with Gasteiger partial charge in [-0.2, -0.15) is 0 Å². The van der Waals surface area contributed by atoms with E-state index < -0.39 is 0 Å². The monoisotopic (exact) mass is 309 g/mol. The fourth-order valence-corrected chi connectivity index (χ4v) is 3.07. The molecule has 1 saturated carbocycles. The number of nitrogens with zero attached hydrogens (tertiary/aromatic N) is 1. The third-order valence-electron chi connectivity index (χ3n) is 4.41. The molecule has 23 heavy (non-hydrogen) atoms. The highest BCUT2D eigenvalue weighted by atomic mass is 16.5. The summed E-state index contributed by atoms with van der Waals surface area (Å²) in [7, 11) is 1.65. The molecule has 0 spiro atoms. The summed E-state index contributed by atoms with van der Waals surface area (Å²) in [6.07, 6.45) is 2.12. The maximum atomic E-state index is 6.02. The van der Waals surface area contributed by atoms with Gasteiger partial charge in [0.05, 0.1) is 13.2 Å². The van der Waals surface area contributed by atoms with Crippen LogP contribution < -0.4 is 15.8 Å². The molecule has 1 fully saturated rings. The number of hydrogen-bond acceptors (Lipinski definition) is 2. The quantitative estimate of drug-likeness (QED) is 0.669. The second-order valence-corrected chi connectivity index (χ2v) is 6.05. The van der Waals surface area contributed by atoms with Gasteiger partial charge in [0, 0.05) is 11.8 Å². The second kappa shape index (κ2) is 6.73. The molecular weight excluding hydrogens is 286 g/mol. The Morgan fingerprint density at radius 3 is 2.70 bits per heavy atom. The summed E-state index contributed by atoms with van der Waals surface area (Å²) in [4.78, 5) is 4.58. The first-order chi connectivity index (χ1) is 11.2. The van der Waals surface area contributed by atoms with Crippen molar-refractivity contribution in [2.75, 3.05) is 12.4 Å². The number of aryl methyl sites for hydroxylation is 1. The van der Waals surface area contributed by atoms with Crippen molar-refractivity contribution in [2.45, 2.75) is 31.7 Å². The number of nitrogens with two attached hydrogens (primary N) is 1. The zero-order chi connectivity index (χ0) is 16.2.